The smallest absolute Gasteiger partial charge is 0.416 e. The maximum atomic E-state index is 15.4. The number of ether oxygens (including phenoxy) is 1. The lowest BCUT2D eigenvalue weighted by molar-refractivity contribution is -0.139. The summed E-state index contributed by atoms with van der Waals surface area (Å²) in [6.07, 6.45) is 2.85. The van der Waals surface area contributed by atoms with E-state index in [1.807, 2.05) is 0 Å². The summed E-state index contributed by atoms with van der Waals surface area (Å²) in [7, 11) is -4.78. The Kier molecular flexibility index (Phi) is 5.25. The predicted octanol–water partition coefficient (Wildman–Crippen LogP) is 3.26. The van der Waals surface area contributed by atoms with E-state index in [1.54, 1.807) is 12.2 Å². The zero-order valence-corrected chi connectivity index (χ0v) is 15.5. The summed E-state index contributed by atoms with van der Waals surface area (Å²) < 4.78 is 58.0. The Hall–Kier alpha value is -1.31. The number of fused-ring (bicyclic) bond motifs is 2. The van der Waals surface area contributed by atoms with Gasteiger partial charge in [0.1, 0.15) is 6.61 Å². The molecule has 0 aromatic rings. The molecule has 0 aromatic carbocycles. The number of hydrogen-bond acceptors (Lipinski definition) is 6. The number of carbonyl (C=O) groups is 2. The highest BCUT2D eigenvalue weighted by Crippen LogP contribution is 2.70. The molecule has 7 nitrogen and oxygen atoms in total. The normalized spacial score (nSPS) is 30.9. The highest BCUT2D eigenvalue weighted by atomic mass is 31.2. The van der Waals surface area contributed by atoms with Crippen LogP contribution in [0.3, 0.4) is 0 Å². The van der Waals surface area contributed by atoms with Crippen molar-refractivity contribution in [1.29, 1.82) is 0 Å². The first-order chi connectivity index (χ1) is 12.3. The van der Waals surface area contributed by atoms with Crippen LogP contribution < -0.4 is 0 Å². The van der Waals surface area contributed by atoms with Gasteiger partial charge in [0.25, 0.3) is 0 Å². The second kappa shape index (κ2) is 7.02. The molecule has 10 heteroatoms. The van der Waals surface area contributed by atoms with Crippen molar-refractivity contribution in [2.45, 2.75) is 25.9 Å². The van der Waals surface area contributed by atoms with Crippen molar-refractivity contribution >= 4 is 19.6 Å². The molecular weight excluding hydrogens is 371 g/mol. The minimum Gasteiger partial charge on any atom is -0.447 e. The molecule has 0 aromatic heterocycles. The molecule has 2 bridgehead atoms. The molecule has 1 saturated carbocycles. The van der Waals surface area contributed by atoms with Crippen molar-refractivity contribution in [3.05, 3.63) is 12.2 Å². The Balaban J connectivity index is 1.95. The first-order valence-electron chi connectivity index (χ1n) is 8.70. The molecule has 0 unspecified atom stereocenters. The van der Waals surface area contributed by atoms with Crippen LogP contribution in [0.5, 0.6) is 0 Å². The highest BCUT2D eigenvalue weighted by molar-refractivity contribution is 7.55. The van der Waals surface area contributed by atoms with Gasteiger partial charge in [0.2, 0.25) is 5.91 Å². The Morgan fingerprint density at radius 2 is 1.92 bits per heavy atom. The standard InChI is InChI=1S/C16H22F2NO6P/c1-3-24-26(22,25-4-2)16(17,18)13-11-6-5-10(9-11)12(13)14(20)19-7-8-23-15(19)21/h5-6,10-13H,3-4,7-9H2,1-2H3/t10-,11+,12+,13+/m0/s1. The molecule has 1 aliphatic heterocycles. The number of amides is 2. The van der Waals surface area contributed by atoms with E-state index in [-0.39, 0.29) is 26.4 Å². The van der Waals surface area contributed by atoms with E-state index >= 15 is 8.78 Å². The third-order valence-corrected chi connectivity index (χ3v) is 7.36. The van der Waals surface area contributed by atoms with Crippen LogP contribution in [0.1, 0.15) is 20.3 Å². The van der Waals surface area contributed by atoms with Crippen molar-refractivity contribution in [2.75, 3.05) is 26.4 Å². The van der Waals surface area contributed by atoms with E-state index in [0.29, 0.717) is 6.42 Å². The Morgan fingerprint density at radius 1 is 1.31 bits per heavy atom. The monoisotopic (exact) mass is 393 g/mol. The zero-order chi connectivity index (χ0) is 19.1. The summed E-state index contributed by atoms with van der Waals surface area (Å²) in [6, 6.07) is 0. The molecule has 1 saturated heterocycles. The summed E-state index contributed by atoms with van der Waals surface area (Å²) in [5.74, 6) is -4.50. The lowest BCUT2D eigenvalue weighted by Gasteiger charge is -2.37. The lowest BCUT2D eigenvalue weighted by atomic mass is 9.82. The minimum absolute atomic E-state index is 0.0299. The Bertz CT molecular complexity index is 659. The molecule has 146 valence electrons. The highest BCUT2D eigenvalue weighted by Gasteiger charge is 2.68. The van der Waals surface area contributed by atoms with E-state index < -0.39 is 48.9 Å². The third kappa shape index (κ3) is 2.90. The lowest BCUT2D eigenvalue weighted by Crippen LogP contribution is -2.46. The van der Waals surface area contributed by atoms with Gasteiger partial charge in [0.05, 0.1) is 31.6 Å². The number of imide groups is 1. The molecule has 0 spiro atoms. The molecule has 1 heterocycles. The molecule has 2 aliphatic carbocycles. The first-order valence-corrected chi connectivity index (χ1v) is 10.2. The number of carbonyl (C=O) groups excluding carboxylic acids is 2. The van der Waals surface area contributed by atoms with E-state index in [0.717, 1.165) is 4.90 Å². The van der Waals surface area contributed by atoms with Crippen molar-refractivity contribution < 1.29 is 36.7 Å². The molecule has 3 aliphatic rings. The minimum atomic E-state index is -4.78. The van der Waals surface area contributed by atoms with Gasteiger partial charge in [-0.05, 0) is 32.1 Å². The fourth-order valence-corrected chi connectivity index (χ4v) is 5.95. The summed E-state index contributed by atoms with van der Waals surface area (Å²) in [5.41, 5.74) is -3.85. The van der Waals surface area contributed by atoms with E-state index in [2.05, 4.69) is 0 Å². The first kappa shape index (κ1) is 19.5. The van der Waals surface area contributed by atoms with Crippen LogP contribution in [0.2, 0.25) is 0 Å². The van der Waals surface area contributed by atoms with Gasteiger partial charge >= 0.3 is 19.4 Å². The van der Waals surface area contributed by atoms with Gasteiger partial charge in [-0.15, -0.1) is 0 Å². The van der Waals surface area contributed by atoms with Gasteiger partial charge in [-0.2, -0.15) is 8.78 Å². The van der Waals surface area contributed by atoms with Gasteiger partial charge in [-0.3, -0.25) is 9.36 Å². The van der Waals surface area contributed by atoms with Crippen molar-refractivity contribution in [2.24, 2.45) is 23.7 Å². The number of nitrogens with zero attached hydrogens (tertiary/aromatic N) is 1. The van der Waals surface area contributed by atoms with Gasteiger partial charge in [-0.25, -0.2) is 9.69 Å². The van der Waals surface area contributed by atoms with Gasteiger partial charge in [-0.1, -0.05) is 12.2 Å². The number of rotatable bonds is 7. The number of alkyl halides is 2. The molecule has 3 rings (SSSR count). The van der Waals surface area contributed by atoms with Gasteiger partial charge in [0.15, 0.2) is 0 Å². The summed E-state index contributed by atoms with van der Waals surface area (Å²) in [5, 5.41) is 0. The Labute approximate surface area is 150 Å². The van der Waals surface area contributed by atoms with Crippen LogP contribution in [0, 0.1) is 23.7 Å². The van der Waals surface area contributed by atoms with Crippen molar-refractivity contribution in [1.82, 2.24) is 4.90 Å². The van der Waals surface area contributed by atoms with Crippen LogP contribution in [0.4, 0.5) is 13.6 Å². The van der Waals surface area contributed by atoms with E-state index in [1.165, 1.54) is 13.8 Å². The summed E-state index contributed by atoms with van der Waals surface area (Å²) >= 11 is 0. The second-order valence-corrected chi connectivity index (χ2v) is 8.63. The maximum Gasteiger partial charge on any atom is 0.416 e. The fraction of sp³-hybridized carbons (Fsp3) is 0.750. The number of allylic oxidation sites excluding steroid dienone is 2. The molecule has 26 heavy (non-hydrogen) atoms. The number of halogens is 2. The topological polar surface area (TPSA) is 82.1 Å². The molecule has 2 amide bonds. The van der Waals surface area contributed by atoms with Crippen LogP contribution >= 0.6 is 7.60 Å². The van der Waals surface area contributed by atoms with Gasteiger partial charge < -0.3 is 13.8 Å². The number of cyclic esters (lactones) is 1. The SMILES string of the molecule is CCOP(=O)(OCC)C(F)(F)[C@H]1[C@H](C(=O)N2CCOC2=O)[C@H]2C=C[C@@H]1C2. The molecule has 2 fully saturated rings. The molecule has 0 N–H and O–H groups in total. The van der Waals surface area contributed by atoms with Crippen molar-refractivity contribution in [3.63, 3.8) is 0 Å². The summed E-state index contributed by atoms with van der Waals surface area (Å²) in [4.78, 5) is 25.4. The van der Waals surface area contributed by atoms with Crippen LogP contribution in [0.15, 0.2) is 12.2 Å². The molecular formula is C16H22F2NO6P. The van der Waals surface area contributed by atoms with Crippen molar-refractivity contribution in [3.8, 4) is 0 Å². The average molecular weight is 393 g/mol. The van der Waals surface area contributed by atoms with Crippen LogP contribution in [-0.4, -0.2) is 48.9 Å². The van der Waals surface area contributed by atoms with Crippen LogP contribution in [-0.2, 0) is 23.1 Å². The third-order valence-electron chi connectivity index (χ3n) is 5.14. The Morgan fingerprint density at radius 3 is 2.46 bits per heavy atom. The average Bonchev–Trinajstić information content (AvgIpc) is 3.29. The van der Waals surface area contributed by atoms with E-state index in [9.17, 15) is 14.2 Å². The molecule has 0 radical (unpaired) electrons. The maximum absolute atomic E-state index is 15.4. The quantitative estimate of drug-likeness (QED) is 0.488. The largest absolute Gasteiger partial charge is 0.447 e. The number of hydrogen-bond donors (Lipinski definition) is 0. The van der Waals surface area contributed by atoms with Crippen LogP contribution in [0.25, 0.3) is 0 Å². The van der Waals surface area contributed by atoms with Gasteiger partial charge in [0, 0.05) is 0 Å². The van der Waals surface area contributed by atoms with E-state index in [4.69, 9.17) is 13.8 Å². The molecule has 4 atom stereocenters. The second-order valence-electron chi connectivity index (χ2n) is 6.52. The fourth-order valence-electron chi connectivity index (χ4n) is 4.14. The zero-order valence-electron chi connectivity index (χ0n) is 14.6. The summed E-state index contributed by atoms with van der Waals surface area (Å²) in [6.45, 7) is 2.55. The predicted molar refractivity (Wildman–Crippen MR) is 86.6 cm³/mol.